The lowest BCUT2D eigenvalue weighted by molar-refractivity contribution is 0.157. The van der Waals surface area contributed by atoms with Gasteiger partial charge >= 0.3 is 0 Å². The van der Waals surface area contributed by atoms with E-state index in [2.05, 4.69) is 37.0 Å². The fourth-order valence-corrected chi connectivity index (χ4v) is 3.96. The predicted molar refractivity (Wildman–Crippen MR) is 103 cm³/mol. The molecule has 0 saturated heterocycles. The summed E-state index contributed by atoms with van der Waals surface area (Å²) in [6, 6.07) is 1.94. The Morgan fingerprint density at radius 2 is 1.62 bits per heavy atom. The number of thioether (sulfide) groups is 2. The third kappa shape index (κ3) is 8.64. The summed E-state index contributed by atoms with van der Waals surface area (Å²) < 4.78 is 11.1. The number of ether oxygens (including phenoxy) is 2. The second-order valence-corrected chi connectivity index (χ2v) is 7.25. The van der Waals surface area contributed by atoms with Gasteiger partial charge in [-0.05, 0) is 18.9 Å². The third-order valence-electron chi connectivity index (χ3n) is 3.22. The van der Waals surface area contributed by atoms with Gasteiger partial charge in [0, 0.05) is 17.7 Å². The molecule has 0 aliphatic rings. The highest BCUT2D eigenvalue weighted by Gasteiger charge is 2.11. The Bertz CT molecular complexity index is 447. The summed E-state index contributed by atoms with van der Waals surface area (Å²) in [7, 11) is 0. The SMILES string of the molecule is C=COC(CCC)CSc1ccnc(SCC(CCC)OC=C)n1. The first kappa shape index (κ1) is 20.9. The summed E-state index contributed by atoms with van der Waals surface area (Å²) in [4.78, 5) is 8.95. The number of rotatable bonds is 14. The average molecular weight is 369 g/mol. The Balaban J connectivity index is 2.52. The first-order valence-corrected chi connectivity index (χ1v) is 10.3. The van der Waals surface area contributed by atoms with Gasteiger partial charge in [0.25, 0.3) is 0 Å². The molecular weight excluding hydrogens is 340 g/mol. The van der Waals surface area contributed by atoms with Crippen LogP contribution in [0.5, 0.6) is 0 Å². The van der Waals surface area contributed by atoms with E-state index >= 15 is 0 Å². The molecular formula is C18H28N2O2S2. The summed E-state index contributed by atoms with van der Waals surface area (Å²) in [5.41, 5.74) is 0. The van der Waals surface area contributed by atoms with Crippen LogP contribution in [0.15, 0.2) is 48.1 Å². The van der Waals surface area contributed by atoms with Crippen molar-refractivity contribution in [3.8, 4) is 0 Å². The molecule has 24 heavy (non-hydrogen) atoms. The van der Waals surface area contributed by atoms with Crippen molar-refractivity contribution in [2.75, 3.05) is 11.5 Å². The lowest BCUT2D eigenvalue weighted by Crippen LogP contribution is -2.13. The van der Waals surface area contributed by atoms with Gasteiger partial charge in [0.05, 0.1) is 12.5 Å². The molecule has 2 unspecified atom stereocenters. The third-order valence-corrected chi connectivity index (χ3v) is 5.28. The molecule has 0 aliphatic heterocycles. The van der Waals surface area contributed by atoms with Crippen LogP contribution in [-0.2, 0) is 9.47 Å². The summed E-state index contributed by atoms with van der Waals surface area (Å²) in [5, 5.41) is 1.75. The highest BCUT2D eigenvalue weighted by Crippen LogP contribution is 2.23. The average Bonchev–Trinajstić information content (AvgIpc) is 2.59. The maximum Gasteiger partial charge on any atom is 0.188 e. The van der Waals surface area contributed by atoms with Crippen LogP contribution in [0.25, 0.3) is 0 Å². The second kappa shape index (κ2) is 13.2. The maximum atomic E-state index is 5.54. The van der Waals surface area contributed by atoms with E-state index in [1.807, 2.05) is 12.3 Å². The summed E-state index contributed by atoms with van der Waals surface area (Å²) in [6.07, 6.45) is 9.38. The topological polar surface area (TPSA) is 44.2 Å². The van der Waals surface area contributed by atoms with E-state index in [-0.39, 0.29) is 12.2 Å². The molecule has 0 aliphatic carbocycles. The Labute approximate surface area is 154 Å². The predicted octanol–water partition coefficient (Wildman–Crippen LogP) is 5.32. The first-order valence-electron chi connectivity index (χ1n) is 8.34. The first-order chi connectivity index (χ1) is 11.7. The second-order valence-electron chi connectivity index (χ2n) is 5.23. The summed E-state index contributed by atoms with van der Waals surface area (Å²) in [5.74, 6) is 1.69. The van der Waals surface area contributed by atoms with Crippen LogP contribution in [0.4, 0.5) is 0 Å². The Hall–Kier alpha value is -1.14. The summed E-state index contributed by atoms with van der Waals surface area (Å²) >= 11 is 3.31. The van der Waals surface area contributed by atoms with Crippen molar-refractivity contribution in [1.82, 2.24) is 9.97 Å². The Morgan fingerprint density at radius 3 is 2.17 bits per heavy atom. The van der Waals surface area contributed by atoms with Gasteiger partial charge in [-0.15, -0.1) is 11.8 Å². The zero-order valence-electron chi connectivity index (χ0n) is 14.6. The highest BCUT2D eigenvalue weighted by molar-refractivity contribution is 7.99. The largest absolute Gasteiger partial charge is 0.498 e. The van der Waals surface area contributed by atoms with Crippen molar-refractivity contribution in [1.29, 1.82) is 0 Å². The van der Waals surface area contributed by atoms with Crippen LogP contribution in [0.2, 0.25) is 0 Å². The molecule has 1 aromatic heterocycles. The van der Waals surface area contributed by atoms with Crippen LogP contribution >= 0.6 is 23.5 Å². The zero-order chi connectivity index (χ0) is 17.6. The van der Waals surface area contributed by atoms with Crippen LogP contribution in [0.1, 0.15) is 39.5 Å². The smallest absolute Gasteiger partial charge is 0.188 e. The minimum atomic E-state index is 0.160. The molecule has 4 nitrogen and oxygen atoms in total. The van der Waals surface area contributed by atoms with Gasteiger partial charge in [-0.25, -0.2) is 9.97 Å². The lowest BCUT2D eigenvalue weighted by Gasteiger charge is -2.15. The van der Waals surface area contributed by atoms with Crippen molar-refractivity contribution in [2.24, 2.45) is 0 Å². The quantitative estimate of drug-likeness (QED) is 0.192. The van der Waals surface area contributed by atoms with E-state index in [9.17, 15) is 0 Å². The van der Waals surface area contributed by atoms with Gasteiger partial charge in [-0.2, -0.15) is 0 Å². The molecule has 2 atom stereocenters. The highest BCUT2D eigenvalue weighted by atomic mass is 32.2. The number of hydrogen-bond donors (Lipinski definition) is 0. The number of nitrogens with zero attached hydrogens (tertiary/aromatic N) is 2. The van der Waals surface area contributed by atoms with Gasteiger partial charge in [-0.1, -0.05) is 51.6 Å². The van der Waals surface area contributed by atoms with Crippen molar-refractivity contribution in [2.45, 2.75) is 61.9 Å². The normalized spacial score (nSPS) is 13.1. The minimum Gasteiger partial charge on any atom is -0.498 e. The van der Waals surface area contributed by atoms with Gasteiger partial charge < -0.3 is 9.47 Å². The van der Waals surface area contributed by atoms with E-state index in [4.69, 9.17) is 9.47 Å². The minimum absolute atomic E-state index is 0.160. The molecule has 1 rings (SSSR count). The molecule has 6 heteroatoms. The fraction of sp³-hybridized carbons (Fsp3) is 0.556. The Morgan fingerprint density at radius 1 is 1.04 bits per heavy atom. The van der Waals surface area contributed by atoms with Crippen molar-refractivity contribution in [3.05, 3.63) is 37.9 Å². The molecule has 0 amide bonds. The van der Waals surface area contributed by atoms with E-state index < -0.39 is 0 Å². The van der Waals surface area contributed by atoms with Crippen LogP contribution in [0, 0.1) is 0 Å². The number of aromatic nitrogens is 2. The van der Waals surface area contributed by atoms with Crippen molar-refractivity contribution in [3.63, 3.8) is 0 Å². The molecule has 1 heterocycles. The molecule has 0 spiro atoms. The van der Waals surface area contributed by atoms with E-state index in [0.717, 1.165) is 47.4 Å². The monoisotopic (exact) mass is 368 g/mol. The fourth-order valence-electron chi connectivity index (χ4n) is 2.12. The van der Waals surface area contributed by atoms with Crippen LogP contribution in [-0.4, -0.2) is 33.7 Å². The van der Waals surface area contributed by atoms with E-state index in [0.29, 0.717) is 0 Å². The molecule has 134 valence electrons. The van der Waals surface area contributed by atoms with Crippen molar-refractivity contribution >= 4 is 23.5 Å². The van der Waals surface area contributed by atoms with Gasteiger partial charge in [-0.3, -0.25) is 0 Å². The van der Waals surface area contributed by atoms with E-state index in [1.54, 1.807) is 23.5 Å². The molecule has 0 aromatic carbocycles. The molecule has 0 fully saturated rings. The number of hydrogen-bond acceptors (Lipinski definition) is 6. The molecule has 1 aromatic rings. The summed E-state index contributed by atoms with van der Waals surface area (Å²) in [6.45, 7) is 11.6. The van der Waals surface area contributed by atoms with E-state index in [1.165, 1.54) is 12.5 Å². The Kier molecular flexibility index (Phi) is 11.5. The van der Waals surface area contributed by atoms with Gasteiger partial charge in [0.1, 0.15) is 17.2 Å². The molecule has 0 N–H and O–H groups in total. The van der Waals surface area contributed by atoms with Crippen LogP contribution in [0.3, 0.4) is 0 Å². The van der Waals surface area contributed by atoms with Gasteiger partial charge in [0.2, 0.25) is 0 Å². The standard InChI is InChI=1S/C18H28N2O2S2/c1-5-9-15(21-7-3)13-23-17-11-12-19-18(20-17)24-14-16(10-6-2)22-8-4/h7-8,11-12,15-16H,3-6,9-10,13-14H2,1-2H3. The van der Waals surface area contributed by atoms with Crippen LogP contribution < -0.4 is 0 Å². The van der Waals surface area contributed by atoms with Gasteiger partial charge in [0.15, 0.2) is 5.16 Å². The maximum absolute atomic E-state index is 5.54. The zero-order valence-corrected chi connectivity index (χ0v) is 16.3. The van der Waals surface area contributed by atoms with Crippen molar-refractivity contribution < 1.29 is 9.47 Å². The molecule has 0 radical (unpaired) electrons. The molecule has 0 bridgehead atoms. The molecule has 0 saturated carbocycles. The lowest BCUT2D eigenvalue weighted by atomic mass is 10.2.